The highest BCUT2D eigenvalue weighted by molar-refractivity contribution is 5.81. The minimum atomic E-state index is -0.258. The Bertz CT molecular complexity index is 1300. The number of nitrogens with one attached hydrogen (secondary N) is 1. The summed E-state index contributed by atoms with van der Waals surface area (Å²) >= 11 is 0. The number of rotatable bonds is 2. The number of aromatic nitrogens is 4. The average molecular weight is 419 g/mol. The Morgan fingerprint density at radius 1 is 1.16 bits per heavy atom. The lowest BCUT2D eigenvalue weighted by Gasteiger charge is -2.16. The Morgan fingerprint density at radius 2 is 2.03 bits per heavy atom. The van der Waals surface area contributed by atoms with Gasteiger partial charge in [0.25, 0.3) is 0 Å². The van der Waals surface area contributed by atoms with Gasteiger partial charge in [0.15, 0.2) is 17.2 Å². The molecule has 0 bridgehead atoms. The first-order valence-corrected chi connectivity index (χ1v) is 9.91. The van der Waals surface area contributed by atoms with Gasteiger partial charge in [0.2, 0.25) is 5.88 Å². The van der Waals surface area contributed by atoms with E-state index in [0.29, 0.717) is 48.4 Å². The number of hydrogen-bond acceptors (Lipinski definition) is 7. The van der Waals surface area contributed by atoms with Crippen LogP contribution in [0.2, 0.25) is 0 Å². The lowest BCUT2D eigenvalue weighted by atomic mass is 9.96. The molecule has 31 heavy (non-hydrogen) atoms. The molecular formula is C22H18FN5O3. The van der Waals surface area contributed by atoms with E-state index in [1.165, 1.54) is 6.07 Å². The van der Waals surface area contributed by atoms with Crippen LogP contribution in [0.25, 0.3) is 16.8 Å². The van der Waals surface area contributed by atoms with Crippen molar-refractivity contribution in [3.8, 4) is 28.5 Å². The smallest absolute Gasteiger partial charge is 0.212 e. The molecule has 5 heterocycles. The Labute approximate surface area is 176 Å². The zero-order valence-corrected chi connectivity index (χ0v) is 16.6. The van der Waals surface area contributed by atoms with Crippen LogP contribution in [-0.4, -0.2) is 39.9 Å². The van der Waals surface area contributed by atoms with E-state index in [0.717, 1.165) is 22.4 Å². The van der Waals surface area contributed by atoms with Crippen molar-refractivity contribution in [1.82, 2.24) is 19.6 Å². The molecule has 8 nitrogen and oxygen atoms in total. The average Bonchev–Trinajstić information content (AvgIpc) is 3.45. The normalized spacial score (nSPS) is 16.8. The second-order valence-corrected chi connectivity index (χ2v) is 7.49. The first kappa shape index (κ1) is 17.9. The molecule has 2 aliphatic heterocycles. The number of benzene rings is 1. The zero-order valence-electron chi connectivity index (χ0n) is 16.6. The Balaban J connectivity index is 1.49. The van der Waals surface area contributed by atoms with Crippen LogP contribution in [0.4, 0.5) is 10.2 Å². The number of anilines is 1. The minimum Gasteiger partial charge on any atom is -0.493 e. The van der Waals surface area contributed by atoms with E-state index in [4.69, 9.17) is 14.2 Å². The van der Waals surface area contributed by atoms with Crippen molar-refractivity contribution < 1.29 is 18.6 Å². The van der Waals surface area contributed by atoms with Crippen LogP contribution in [0.3, 0.4) is 0 Å². The van der Waals surface area contributed by atoms with E-state index in [1.54, 1.807) is 31.8 Å². The Morgan fingerprint density at radius 3 is 2.84 bits per heavy atom. The monoisotopic (exact) mass is 419 g/mol. The van der Waals surface area contributed by atoms with Gasteiger partial charge >= 0.3 is 0 Å². The van der Waals surface area contributed by atoms with Gasteiger partial charge < -0.3 is 19.5 Å². The van der Waals surface area contributed by atoms with Crippen LogP contribution in [-0.2, 0) is 6.54 Å². The molecular weight excluding hydrogens is 401 g/mol. The van der Waals surface area contributed by atoms with E-state index in [1.807, 2.05) is 16.5 Å². The van der Waals surface area contributed by atoms with Gasteiger partial charge in [-0.3, -0.25) is 4.40 Å². The van der Waals surface area contributed by atoms with E-state index in [9.17, 15) is 4.39 Å². The van der Waals surface area contributed by atoms with Crippen molar-refractivity contribution in [3.63, 3.8) is 0 Å². The fourth-order valence-electron chi connectivity index (χ4n) is 4.26. The van der Waals surface area contributed by atoms with Crippen molar-refractivity contribution in [3.05, 3.63) is 59.8 Å². The zero-order chi connectivity index (χ0) is 20.9. The topological polar surface area (TPSA) is 82.8 Å². The summed E-state index contributed by atoms with van der Waals surface area (Å²) in [6.07, 6.45) is 3.34. The SMILES string of the molecule is COc1ccc(-c2cc3c(n4cnnc24)NCc2c(F)ccc4c2[C@H](CO4)CO3)cn1. The first-order chi connectivity index (χ1) is 15.2. The molecule has 0 saturated carbocycles. The van der Waals surface area contributed by atoms with Gasteiger partial charge in [-0.05, 0) is 24.3 Å². The molecule has 156 valence electrons. The quantitative estimate of drug-likeness (QED) is 0.533. The number of ether oxygens (including phenoxy) is 3. The van der Waals surface area contributed by atoms with Gasteiger partial charge in [-0.15, -0.1) is 10.2 Å². The third kappa shape index (κ3) is 2.77. The molecule has 0 saturated heterocycles. The van der Waals surface area contributed by atoms with Crippen molar-refractivity contribution >= 4 is 11.5 Å². The summed E-state index contributed by atoms with van der Waals surface area (Å²) in [5, 5.41) is 11.7. The predicted octanol–water partition coefficient (Wildman–Crippen LogP) is 3.42. The van der Waals surface area contributed by atoms with Crippen LogP contribution < -0.4 is 19.5 Å². The molecule has 0 radical (unpaired) electrons. The summed E-state index contributed by atoms with van der Waals surface area (Å²) in [4.78, 5) is 4.30. The molecule has 0 spiro atoms. The number of fused-ring (bicyclic) bond motifs is 3. The van der Waals surface area contributed by atoms with Crippen LogP contribution in [0, 0.1) is 5.82 Å². The van der Waals surface area contributed by atoms with Crippen LogP contribution in [0.5, 0.6) is 17.4 Å². The molecule has 0 fully saturated rings. The maximum atomic E-state index is 14.7. The molecule has 0 amide bonds. The van der Waals surface area contributed by atoms with Crippen LogP contribution in [0.1, 0.15) is 17.0 Å². The maximum absolute atomic E-state index is 14.7. The highest BCUT2D eigenvalue weighted by atomic mass is 19.1. The molecule has 9 heteroatoms. The number of methoxy groups -OCH3 is 1. The lowest BCUT2D eigenvalue weighted by Crippen LogP contribution is -2.13. The second kappa shape index (κ2) is 6.83. The Kier molecular flexibility index (Phi) is 3.95. The second-order valence-electron chi connectivity index (χ2n) is 7.49. The summed E-state index contributed by atoms with van der Waals surface area (Å²) in [6, 6.07) is 8.75. The van der Waals surface area contributed by atoms with Gasteiger partial charge in [-0.1, -0.05) is 0 Å². The molecule has 6 rings (SSSR count). The number of nitrogens with zero attached hydrogens (tertiary/aromatic N) is 4. The van der Waals surface area contributed by atoms with Crippen molar-refractivity contribution in [1.29, 1.82) is 0 Å². The standard InChI is InChI=1S/C22H18FN5O3/c1-29-19-5-2-12(7-24-19)14-6-18-22(28-11-26-27-21(14)28)25-8-15-16(23)3-4-17-20(15)13(9-30-17)10-31-18/h2-7,11,13,25H,8-10H2,1H3/t13-/m1/s1. The first-order valence-electron chi connectivity index (χ1n) is 9.91. The van der Waals surface area contributed by atoms with E-state index in [2.05, 4.69) is 20.5 Å². The van der Waals surface area contributed by atoms with E-state index in [-0.39, 0.29) is 11.7 Å². The summed E-state index contributed by atoms with van der Waals surface area (Å²) in [7, 11) is 1.57. The van der Waals surface area contributed by atoms with E-state index >= 15 is 0 Å². The summed E-state index contributed by atoms with van der Waals surface area (Å²) in [6.45, 7) is 1.12. The minimum absolute atomic E-state index is 0.0452. The lowest BCUT2D eigenvalue weighted by molar-refractivity contribution is 0.249. The fraction of sp³-hybridized carbons (Fsp3) is 0.227. The highest BCUT2D eigenvalue weighted by Crippen LogP contribution is 2.41. The van der Waals surface area contributed by atoms with E-state index < -0.39 is 0 Å². The predicted molar refractivity (Wildman–Crippen MR) is 110 cm³/mol. The molecule has 4 aromatic rings. The Hall–Kier alpha value is -3.88. The van der Waals surface area contributed by atoms with Crippen molar-refractivity contribution in [2.45, 2.75) is 12.5 Å². The third-order valence-electron chi connectivity index (χ3n) is 5.78. The largest absolute Gasteiger partial charge is 0.493 e. The number of hydrogen-bond donors (Lipinski definition) is 1. The summed E-state index contributed by atoms with van der Waals surface area (Å²) in [5.74, 6) is 2.24. The van der Waals surface area contributed by atoms with Crippen molar-refractivity contribution in [2.75, 3.05) is 25.6 Å². The number of halogens is 1. The van der Waals surface area contributed by atoms with Crippen LogP contribution in [0.15, 0.2) is 42.9 Å². The molecule has 0 unspecified atom stereocenters. The molecule has 0 aliphatic carbocycles. The summed E-state index contributed by atoms with van der Waals surface area (Å²) < 4.78 is 33.7. The molecule has 2 aliphatic rings. The molecule has 1 aromatic carbocycles. The maximum Gasteiger partial charge on any atom is 0.212 e. The number of pyridine rings is 2. The van der Waals surface area contributed by atoms with Gasteiger partial charge in [0.1, 0.15) is 17.9 Å². The van der Waals surface area contributed by atoms with Gasteiger partial charge in [-0.2, -0.15) is 0 Å². The van der Waals surface area contributed by atoms with Crippen LogP contribution >= 0.6 is 0 Å². The van der Waals surface area contributed by atoms with Crippen molar-refractivity contribution in [2.24, 2.45) is 0 Å². The molecule has 3 aromatic heterocycles. The highest BCUT2D eigenvalue weighted by Gasteiger charge is 2.31. The molecule has 1 atom stereocenters. The fourth-order valence-corrected chi connectivity index (χ4v) is 4.26. The van der Waals surface area contributed by atoms with Gasteiger partial charge in [0, 0.05) is 41.1 Å². The van der Waals surface area contributed by atoms with Gasteiger partial charge in [-0.25, -0.2) is 9.37 Å². The van der Waals surface area contributed by atoms with Gasteiger partial charge in [0.05, 0.1) is 26.2 Å². The molecule has 1 N–H and O–H groups in total. The summed E-state index contributed by atoms with van der Waals surface area (Å²) in [5.41, 5.74) is 3.79. The third-order valence-corrected chi connectivity index (χ3v) is 5.78.